The van der Waals surface area contributed by atoms with Crippen LogP contribution in [0.5, 0.6) is 0 Å². The molecule has 0 radical (unpaired) electrons. The number of fused-ring (bicyclic) bond motifs is 2. The Balaban J connectivity index is 1.72. The summed E-state index contributed by atoms with van der Waals surface area (Å²) in [6, 6.07) is 14.0. The topological polar surface area (TPSA) is 33.2 Å². The van der Waals surface area contributed by atoms with Gasteiger partial charge in [0.1, 0.15) is 0 Å². The van der Waals surface area contributed by atoms with Crippen LogP contribution in [0.3, 0.4) is 0 Å². The van der Waals surface area contributed by atoms with E-state index in [1.54, 1.807) is 0 Å². The van der Waals surface area contributed by atoms with E-state index in [0.29, 0.717) is 12.1 Å². The highest BCUT2D eigenvalue weighted by molar-refractivity contribution is 6.36. The van der Waals surface area contributed by atoms with Crippen molar-refractivity contribution in [2.45, 2.75) is 52.4 Å². The summed E-state index contributed by atoms with van der Waals surface area (Å²) < 4.78 is 0. The van der Waals surface area contributed by atoms with Crippen molar-refractivity contribution >= 4 is 34.1 Å². The molecule has 0 fully saturated rings. The van der Waals surface area contributed by atoms with Crippen molar-refractivity contribution in [1.82, 2.24) is 4.98 Å². The van der Waals surface area contributed by atoms with Gasteiger partial charge in [0.15, 0.2) is 0 Å². The number of amides is 1. The molecule has 0 aliphatic heterocycles. The molecule has 2 aromatic carbocycles. The number of benzene rings is 2. The van der Waals surface area contributed by atoms with Crippen LogP contribution in [0.2, 0.25) is 5.02 Å². The molecule has 0 spiro atoms. The van der Waals surface area contributed by atoms with Crippen LogP contribution in [0.15, 0.2) is 42.5 Å². The third kappa shape index (κ3) is 3.89. The molecule has 0 N–H and O–H groups in total. The van der Waals surface area contributed by atoms with E-state index >= 15 is 0 Å². The SMILES string of the molecule is CCCN(C(=O)c1ccc2c(Cl)c3c(nc2c1)CCCC3)c1ccc(CC)cc1. The number of hydrogen-bond acceptors (Lipinski definition) is 2. The molecular formula is C25H27ClN2O. The normalized spacial score (nSPS) is 13.3. The number of rotatable bonds is 5. The average Bonchev–Trinajstić information content (AvgIpc) is 2.77. The predicted octanol–water partition coefficient (Wildman–Crippen LogP) is 6.39. The Bertz CT molecular complexity index is 1040. The fourth-order valence-electron chi connectivity index (χ4n) is 4.14. The lowest BCUT2D eigenvalue weighted by Crippen LogP contribution is -2.31. The first-order chi connectivity index (χ1) is 14.1. The van der Waals surface area contributed by atoms with E-state index in [2.05, 4.69) is 26.0 Å². The second-order valence-corrected chi connectivity index (χ2v) is 8.14. The zero-order chi connectivity index (χ0) is 20.4. The maximum Gasteiger partial charge on any atom is 0.258 e. The van der Waals surface area contributed by atoms with Crippen molar-refractivity contribution < 1.29 is 4.79 Å². The summed E-state index contributed by atoms with van der Waals surface area (Å²) in [5.41, 5.74) is 5.97. The average molecular weight is 407 g/mol. The first kappa shape index (κ1) is 19.9. The number of anilines is 1. The Hall–Kier alpha value is -2.39. The molecule has 1 aliphatic carbocycles. The molecular weight excluding hydrogens is 380 g/mol. The smallest absolute Gasteiger partial charge is 0.258 e. The van der Waals surface area contributed by atoms with E-state index in [1.807, 2.05) is 35.2 Å². The molecule has 3 aromatic rings. The van der Waals surface area contributed by atoms with Crippen molar-refractivity contribution in [3.05, 3.63) is 69.9 Å². The van der Waals surface area contributed by atoms with Crippen molar-refractivity contribution in [1.29, 1.82) is 0 Å². The number of carbonyl (C=O) groups is 1. The lowest BCUT2D eigenvalue weighted by Gasteiger charge is -2.23. The van der Waals surface area contributed by atoms with Crippen molar-refractivity contribution in [2.24, 2.45) is 0 Å². The molecule has 4 rings (SSSR count). The molecule has 1 amide bonds. The Morgan fingerprint density at radius 2 is 1.83 bits per heavy atom. The predicted molar refractivity (Wildman–Crippen MR) is 121 cm³/mol. The van der Waals surface area contributed by atoms with Crippen LogP contribution < -0.4 is 4.90 Å². The summed E-state index contributed by atoms with van der Waals surface area (Å²) in [5.74, 6) is 0.00800. The molecule has 1 aliphatic rings. The lowest BCUT2D eigenvalue weighted by atomic mass is 9.94. The summed E-state index contributed by atoms with van der Waals surface area (Å²) >= 11 is 6.69. The van der Waals surface area contributed by atoms with Crippen LogP contribution in [-0.4, -0.2) is 17.4 Å². The second kappa shape index (κ2) is 8.54. The van der Waals surface area contributed by atoms with Gasteiger partial charge in [-0.25, -0.2) is 0 Å². The van der Waals surface area contributed by atoms with E-state index in [0.717, 1.165) is 59.4 Å². The van der Waals surface area contributed by atoms with Crippen LogP contribution in [0, 0.1) is 0 Å². The third-order valence-corrected chi connectivity index (χ3v) is 6.22. The van der Waals surface area contributed by atoms with Gasteiger partial charge in [-0.3, -0.25) is 9.78 Å². The van der Waals surface area contributed by atoms with Crippen molar-refractivity contribution in [3.8, 4) is 0 Å². The molecule has 0 atom stereocenters. The summed E-state index contributed by atoms with van der Waals surface area (Å²) in [4.78, 5) is 20.1. The number of pyridine rings is 1. The Morgan fingerprint density at radius 1 is 1.07 bits per heavy atom. The highest BCUT2D eigenvalue weighted by Gasteiger charge is 2.20. The largest absolute Gasteiger partial charge is 0.308 e. The van der Waals surface area contributed by atoms with E-state index in [-0.39, 0.29) is 5.91 Å². The van der Waals surface area contributed by atoms with E-state index < -0.39 is 0 Å². The standard InChI is InChI=1S/C25H27ClN2O/c1-3-15-28(19-12-9-17(4-2)10-13-19)25(29)18-11-14-21-23(16-18)27-22-8-6-5-7-20(22)24(21)26/h9-14,16H,3-8,15H2,1-2H3. The first-order valence-electron chi connectivity index (χ1n) is 10.6. The third-order valence-electron chi connectivity index (χ3n) is 5.79. The van der Waals surface area contributed by atoms with Crippen molar-refractivity contribution in [2.75, 3.05) is 11.4 Å². The molecule has 150 valence electrons. The minimum Gasteiger partial charge on any atom is -0.308 e. The minimum absolute atomic E-state index is 0.00800. The Kier molecular flexibility index (Phi) is 5.86. The zero-order valence-electron chi connectivity index (χ0n) is 17.2. The number of carbonyl (C=O) groups excluding carboxylic acids is 1. The second-order valence-electron chi connectivity index (χ2n) is 7.77. The van der Waals surface area contributed by atoms with Gasteiger partial charge in [-0.05, 0) is 73.9 Å². The fraction of sp³-hybridized carbons (Fsp3) is 0.360. The number of aromatic nitrogens is 1. The molecule has 4 heteroatoms. The van der Waals surface area contributed by atoms with Gasteiger partial charge in [0, 0.05) is 28.9 Å². The molecule has 1 heterocycles. The van der Waals surface area contributed by atoms with Gasteiger partial charge in [-0.2, -0.15) is 0 Å². The molecule has 29 heavy (non-hydrogen) atoms. The summed E-state index contributed by atoms with van der Waals surface area (Å²) in [6.07, 6.45) is 6.17. The summed E-state index contributed by atoms with van der Waals surface area (Å²) in [7, 11) is 0. The van der Waals surface area contributed by atoms with Gasteiger partial charge in [0.2, 0.25) is 0 Å². The van der Waals surface area contributed by atoms with Crippen LogP contribution in [0.1, 0.15) is 60.3 Å². The Labute approximate surface area is 177 Å². The number of halogens is 1. The molecule has 3 nitrogen and oxygen atoms in total. The van der Waals surface area contributed by atoms with Crippen LogP contribution in [-0.2, 0) is 19.3 Å². The van der Waals surface area contributed by atoms with Gasteiger partial charge in [0.25, 0.3) is 5.91 Å². The summed E-state index contributed by atoms with van der Waals surface area (Å²) in [6.45, 7) is 4.91. The monoisotopic (exact) mass is 406 g/mol. The lowest BCUT2D eigenvalue weighted by molar-refractivity contribution is 0.0987. The highest BCUT2D eigenvalue weighted by atomic mass is 35.5. The minimum atomic E-state index is 0.00800. The maximum absolute atomic E-state index is 13.4. The van der Waals surface area contributed by atoms with Gasteiger partial charge in [-0.1, -0.05) is 43.6 Å². The highest BCUT2D eigenvalue weighted by Crippen LogP contribution is 2.33. The number of hydrogen-bond donors (Lipinski definition) is 0. The zero-order valence-corrected chi connectivity index (χ0v) is 17.9. The van der Waals surface area contributed by atoms with Gasteiger partial charge in [-0.15, -0.1) is 0 Å². The molecule has 0 saturated heterocycles. The fourth-order valence-corrected chi connectivity index (χ4v) is 4.50. The van der Waals surface area contributed by atoms with Crippen molar-refractivity contribution in [3.63, 3.8) is 0 Å². The van der Waals surface area contributed by atoms with Crippen LogP contribution >= 0.6 is 11.6 Å². The molecule has 0 bridgehead atoms. The van der Waals surface area contributed by atoms with E-state index in [4.69, 9.17) is 16.6 Å². The first-order valence-corrected chi connectivity index (χ1v) is 11.0. The van der Waals surface area contributed by atoms with Gasteiger partial charge < -0.3 is 4.90 Å². The molecule has 0 unspecified atom stereocenters. The molecule has 1 aromatic heterocycles. The number of aryl methyl sites for hydroxylation is 2. The number of nitrogens with zero attached hydrogens (tertiary/aromatic N) is 2. The van der Waals surface area contributed by atoms with Gasteiger partial charge >= 0.3 is 0 Å². The summed E-state index contributed by atoms with van der Waals surface area (Å²) in [5, 5.41) is 1.75. The van der Waals surface area contributed by atoms with Crippen LogP contribution in [0.4, 0.5) is 5.69 Å². The van der Waals surface area contributed by atoms with E-state index in [9.17, 15) is 4.79 Å². The van der Waals surface area contributed by atoms with E-state index in [1.165, 1.54) is 17.5 Å². The quantitative estimate of drug-likeness (QED) is 0.492. The maximum atomic E-state index is 13.4. The molecule has 0 saturated carbocycles. The Morgan fingerprint density at radius 3 is 2.55 bits per heavy atom. The van der Waals surface area contributed by atoms with Gasteiger partial charge in [0.05, 0.1) is 10.5 Å². The van der Waals surface area contributed by atoms with Crippen LogP contribution in [0.25, 0.3) is 10.9 Å².